The fourth-order valence-corrected chi connectivity index (χ4v) is 4.14. The minimum Gasteiger partial charge on any atom is -0.477 e. The minimum absolute atomic E-state index is 0.00186. The molecule has 0 bridgehead atoms. The molecule has 5 heterocycles. The highest BCUT2D eigenvalue weighted by Gasteiger charge is 2.20. The smallest absolute Gasteiger partial charge is 0.354 e. The molecule has 0 fully saturated rings. The maximum absolute atomic E-state index is 11.2. The molecular weight excluding hydrogens is 418 g/mol. The quantitative estimate of drug-likeness (QED) is 0.407. The highest BCUT2D eigenvalue weighted by atomic mass is 16.5. The molecule has 1 atom stereocenters. The summed E-state index contributed by atoms with van der Waals surface area (Å²) in [4.78, 5) is 24.6. The van der Waals surface area contributed by atoms with Crippen molar-refractivity contribution in [3.63, 3.8) is 0 Å². The SMILES string of the molecule is Cc1noc(C)c1-c1cnc2c(-c3ccc(C(=O)O)nc3)cn([C@@H](C)c3ccccn3)c2c1. The largest absolute Gasteiger partial charge is 0.477 e. The van der Waals surface area contributed by atoms with E-state index in [1.54, 1.807) is 18.5 Å². The molecule has 0 spiro atoms. The summed E-state index contributed by atoms with van der Waals surface area (Å²) in [5.41, 5.74) is 6.92. The Hall–Kier alpha value is -4.33. The van der Waals surface area contributed by atoms with Gasteiger partial charge in [0.25, 0.3) is 0 Å². The number of nitrogens with zero attached hydrogens (tertiary/aromatic N) is 5. The number of aromatic nitrogens is 5. The van der Waals surface area contributed by atoms with Crippen molar-refractivity contribution < 1.29 is 14.4 Å². The number of carboxylic acids is 1. The molecule has 164 valence electrons. The Bertz CT molecular complexity index is 1450. The third kappa shape index (κ3) is 3.55. The fourth-order valence-electron chi connectivity index (χ4n) is 4.14. The first-order valence-corrected chi connectivity index (χ1v) is 10.5. The summed E-state index contributed by atoms with van der Waals surface area (Å²) in [6.45, 7) is 5.88. The Morgan fingerprint density at radius 1 is 1.06 bits per heavy atom. The lowest BCUT2D eigenvalue weighted by molar-refractivity contribution is 0.0690. The van der Waals surface area contributed by atoms with Crippen molar-refractivity contribution in [2.45, 2.75) is 26.8 Å². The Kier molecular flexibility index (Phi) is 4.97. The highest BCUT2D eigenvalue weighted by molar-refractivity contribution is 5.95. The Labute approximate surface area is 189 Å². The van der Waals surface area contributed by atoms with Crippen LogP contribution in [0.1, 0.15) is 40.6 Å². The maximum atomic E-state index is 11.2. The molecule has 0 unspecified atom stereocenters. The predicted octanol–water partition coefficient (Wildman–Crippen LogP) is 5.07. The zero-order valence-electron chi connectivity index (χ0n) is 18.4. The zero-order valence-corrected chi connectivity index (χ0v) is 18.4. The second-order valence-electron chi connectivity index (χ2n) is 7.91. The molecule has 8 nitrogen and oxygen atoms in total. The number of carboxylic acid groups (broad SMARTS) is 1. The number of carbonyl (C=O) groups is 1. The molecule has 0 amide bonds. The summed E-state index contributed by atoms with van der Waals surface area (Å²) in [6, 6.07) is 11.1. The van der Waals surface area contributed by atoms with Crippen LogP contribution in [-0.2, 0) is 0 Å². The van der Waals surface area contributed by atoms with Crippen molar-refractivity contribution in [1.29, 1.82) is 0 Å². The van der Waals surface area contributed by atoms with Crippen molar-refractivity contribution in [1.82, 2.24) is 24.7 Å². The van der Waals surface area contributed by atoms with Gasteiger partial charge in [-0.05, 0) is 45.0 Å². The van der Waals surface area contributed by atoms with Gasteiger partial charge in [0.2, 0.25) is 0 Å². The van der Waals surface area contributed by atoms with Crippen LogP contribution < -0.4 is 0 Å². The first-order chi connectivity index (χ1) is 15.9. The van der Waals surface area contributed by atoms with Crippen LogP contribution >= 0.6 is 0 Å². The van der Waals surface area contributed by atoms with Crippen LogP contribution in [0.2, 0.25) is 0 Å². The van der Waals surface area contributed by atoms with Gasteiger partial charge >= 0.3 is 5.97 Å². The van der Waals surface area contributed by atoms with E-state index in [0.29, 0.717) is 0 Å². The van der Waals surface area contributed by atoms with Gasteiger partial charge in [0.05, 0.1) is 28.5 Å². The number of aryl methyl sites for hydroxylation is 2. The number of aromatic carboxylic acids is 1. The normalized spacial score (nSPS) is 12.2. The van der Waals surface area contributed by atoms with Gasteiger partial charge in [0.1, 0.15) is 11.5 Å². The molecule has 0 saturated heterocycles. The molecule has 33 heavy (non-hydrogen) atoms. The molecule has 5 aromatic rings. The lowest BCUT2D eigenvalue weighted by Gasteiger charge is -2.15. The summed E-state index contributed by atoms with van der Waals surface area (Å²) in [5.74, 6) is -0.326. The molecule has 0 aromatic carbocycles. The maximum Gasteiger partial charge on any atom is 0.354 e. The number of hydrogen-bond acceptors (Lipinski definition) is 6. The third-order valence-corrected chi connectivity index (χ3v) is 5.82. The van der Waals surface area contributed by atoms with E-state index in [1.165, 1.54) is 6.07 Å². The molecule has 5 rings (SSSR count). The molecule has 0 radical (unpaired) electrons. The van der Waals surface area contributed by atoms with E-state index < -0.39 is 5.97 Å². The average molecular weight is 439 g/mol. The Morgan fingerprint density at radius 2 is 1.88 bits per heavy atom. The molecule has 0 aliphatic heterocycles. The zero-order chi connectivity index (χ0) is 23.1. The molecule has 8 heteroatoms. The van der Waals surface area contributed by atoms with E-state index in [1.807, 2.05) is 44.4 Å². The Balaban J connectivity index is 1.72. The summed E-state index contributed by atoms with van der Waals surface area (Å²) in [6.07, 6.45) is 7.18. The van der Waals surface area contributed by atoms with Gasteiger partial charge in [0.15, 0.2) is 0 Å². The molecule has 0 aliphatic rings. The van der Waals surface area contributed by atoms with Gasteiger partial charge < -0.3 is 14.2 Å². The highest BCUT2D eigenvalue weighted by Crippen LogP contribution is 2.36. The van der Waals surface area contributed by atoms with Crippen LogP contribution in [0.25, 0.3) is 33.3 Å². The number of fused-ring (bicyclic) bond motifs is 1. The number of hydrogen-bond donors (Lipinski definition) is 1. The van der Waals surface area contributed by atoms with E-state index in [0.717, 1.165) is 50.4 Å². The summed E-state index contributed by atoms with van der Waals surface area (Å²) in [5, 5.41) is 13.3. The third-order valence-electron chi connectivity index (χ3n) is 5.82. The van der Waals surface area contributed by atoms with Crippen molar-refractivity contribution in [3.05, 3.63) is 84.0 Å². The van der Waals surface area contributed by atoms with Crippen molar-refractivity contribution in [2.75, 3.05) is 0 Å². The molecule has 0 aliphatic carbocycles. The van der Waals surface area contributed by atoms with Crippen LogP contribution in [0.5, 0.6) is 0 Å². The van der Waals surface area contributed by atoms with E-state index in [4.69, 9.17) is 9.51 Å². The second-order valence-corrected chi connectivity index (χ2v) is 7.91. The van der Waals surface area contributed by atoms with Crippen LogP contribution in [-0.4, -0.2) is 35.8 Å². The van der Waals surface area contributed by atoms with Gasteiger partial charge in [0, 0.05) is 47.0 Å². The van der Waals surface area contributed by atoms with Crippen molar-refractivity contribution >= 4 is 17.0 Å². The summed E-state index contributed by atoms with van der Waals surface area (Å²) >= 11 is 0. The predicted molar refractivity (Wildman–Crippen MR) is 123 cm³/mol. The molecule has 0 saturated carbocycles. The van der Waals surface area contributed by atoms with E-state index in [9.17, 15) is 9.90 Å². The van der Waals surface area contributed by atoms with Gasteiger partial charge in [-0.25, -0.2) is 9.78 Å². The van der Waals surface area contributed by atoms with Crippen LogP contribution in [0.15, 0.2) is 65.7 Å². The van der Waals surface area contributed by atoms with Crippen molar-refractivity contribution in [2.24, 2.45) is 0 Å². The minimum atomic E-state index is -1.06. The lowest BCUT2D eigenvalue weighted by atomic mass is 10.0. The van der Waals surface area contributed by atoms with Crippen LogP contribution in [0, 0.1) is 13.8 Å². The van der Waals surface area contributed by atoms with Gasteiger partial charge in [-0.1, -0.05) is 17.3 Å². The first kappa shape index (κ1) is 20.6. The summed E-state index contributed by atoms with van der Waals surface area (Å²) < 4.78 is 7.49. The monoisotopic (exact) mass is 439 g/mol. The number of pyridine rings is 3. The standard InChI is InChI=1S/C25H21N5O3/c1-14-23(16(3)33-29-14)18-10-22-24(28-12-18)19(17-7-8-21(25(31)32)27-11-17)13-30(22)15(2)20-6-4-5-9-26-20/h4-13,15H,1-3H3,(H,31,32)/t15-/m0/s1. The topological polar surface area (TPSA) is 107 Å². The van der Waals surface area contributed by atoms with Gasteiger partial charge in [-0.3, -0.25) is 9.97 Å². The van der Waals surface area contributed by atoms with E-state index >= 15 is 0 Å². The van der Waals surface area contributed by atoms with E-state index in [2.05, 4.69) is 32.7 Å². The average Bonchev–Trinajstić information content (AvgIpc) is 3.38. The first-order valence-electron chi connectivity index (χ1n) is 10.5. The van der Waals surface area contributed by atoms with Gasteiger partial charge in [-0.15, -0.1) is 0 Å². The second kappa shape index (κ2) is 7.98. The van der Waals surface area contributed by atoms with Gasteiger partial charge in [-0.2, -0.15) is 0 Å². The number of rotatable bonds is 5. The Morgan fingerprint density at radius 3 is 2.52 bits per heavy atom. The summed E-state index contributed by atoms with van der Waals surface area (Å²) in [7, 11) is 0. The van der Waals surface area contributed by atoms with Crippen LogP contribution in [0.4, 0.5) is 0 Å². The van der Waals surface area contributed by atoms with E-state index in [-0.39, 0.29) is 11.7 Å². The lowest BCUT2D eigenvalue weighted by Crippen LogP contribution is -2.07. The molecule has 1 N–H and O–H groups in total. The van der Waals surface area contributed by atoms with Crippen molar-refractivity contribution in [3.8, 4) is 22.3 Å². The van der Waals surface area contributed by atoms with Crippen LogP contribution in [0.3, 0.4) is 0 Å². The molecular formula is C25H21N5O3. The molecule has 5 aromatic heterocycles. The fraction of sp³-hybridized carbons (Fsp3) is 0.160.